The van der Waals surface area contributed by atoms with Crippen molar-refractivity contribution < 1.29 is 17.9 Å². The molecule has 5 nitrogen and oxygen atoms in total. The van der Waals surface area contributed by atoms with E-state index < -0.39 is 11.7 Å². The Morgan fingerprint density at radius 3 is 2.72 bits per heavy atom. The van der Waals surface area contributed by atoms with Crippen molar-refractivity contribution in [2.24, 2.45) is 5.92 Å². The highest BCUT2D eigenvalue weighted by atomic mass is 19.4. The maximum absolute atomic E-state index is 13.0. The summed E-state index contributed by atoms with van der Waals surface area (Å²) in [5.74, 6) is 1.25. The van der Waals surface area contributed by atoms with Gasteiger partial charge in [0.25, 0.3) is 0 Å². The van der Waals surface area contributed by atoms with Crippen LogP contribution in [0.5, 0.6) is 5.75 Å². The fourth-order valence-electron chi connectivity index (χ4n) is 3.34. The van der Waals surface area contributed by atoms with Crippen molar-refractivity contribution in [2.45, 2.75) is 45.5 Å². The van der Waals surface area contributed by atoms with Crippen LogP contribution in [0.1, 0.15) is 44.1 Å². The number of hydrogen-bond acceptors (Lipinski definition) is 4. The number of aryl methyl sites for hydroxylation is 1. The zero-order valence-corrected chi connectivity index (χ0v) is 16.8. The van der Waals surface area contributed by atoms with Crippen LogP contribution in [-0.2, 0) is 6.54 Å². The van der Waals surface area contributed by atoms with Crippen LogP contribution in [0.25, 0.3) is 5.57 Å². The summed E-state index contributed by atoms with van der Waals surface area (Å²) in [7, 11) is 1.58. The number of pyridine rings is 1. The predicted molar refractivity (Wildman–Crippen MR) is 107 cm³/mol. The third-order valence-electron chi connectivity index (χ3n) is 4.94. The average Bonchev–Trinajstić information content (AvgIpc) is 3.10. The molecule has 0 spiro atoms. The molecule has 2 aromatic rings. The normalized spacial score (nSPS) is 17.2. The van der Waals surface area contributed by atoms with E-state index in [2.05, 4.69) is 22.0 Å². The second-order valence-electron chi connectivity index (χ2n) is 7.38. The lowest BCUT2D eigenvalue weighted by Crippen LogP contribution is -2.22. The molecular formula is C21H25F3N4O. The number of nitrogens with zero attached hydrogens (tertiary/aromatic N) is 3. The summed E-state index contributed by atoms with van der Waals surface area (Å²) in [5.41, 5.74) is 1.14. The van der Waals surface area contributed by atoms with Gasteiger partial charge in [0.05, 0.1) is 30.7 Å². The van der Waals surface area contributed by atoms with Crippen molar-refractivity contribution in [1.29, 1.82) is 0 Å². The van der Waals surface area contributed by atoms with Crippen molar-refractivity contribution in [3.63, 3.8) is 0 Å². The molecule has 1 aliphatic rings. The quantitative estimate of drug-likeness (QED) is 0.654. The van der Waals surface area contributed by atoms with Crippen LogP contribution in [0, 0.1) is 5.92 Å². The van der Waals surface area contributed by atoms with Crippen molar-refractivity contribution in [3.05, 3.63) is 54.0 Å². The average molecular weight is 406 g/mol. The number of nitrogens with one attached hydrogen (secondary N) is 1. The number of fused-ring (bicyclic) bond motifs is 1. The maximum Gasteiger partial charge on any atom is 0.415 e. The van der Waals surface area contributed by atoms with Crippen molar-refractivity contribution in [3.8, 4) is 5.75 Å². The molecule has 3 rings (SSSR count). The van der Waals surface area contributed by atoms with Gasteiger partial charge in [0.1, 0.15) is 11.6 Å². The van der Waals surface area contributed by atoms with Crippen LogP contribution in [0.3, 0.4) is 0 Å². The third-order valence-corrected chi connectivity index (χ3v) is 4.94. The Hall–Kier alpha value is -2.77. The summed E-state index contributed by atoms with van der Waals surface area (Å²) >= 11 is 0. The Bertz CT molecular complexity index is 898. The molecule has 1 atom stereocenters. The molecule has 0 radical (unpaired) electrons. The first-order valence-corrected chi connectivity index (χ1v) is 9.51. The van der Waals surface area contributed by atoms with Gasteiger partial charge in [-0.3, -0.25) is 4.68 Å². The molecule has 3 heterocycles. The van der Waals surface area contributed by atoms with E-state index >= 15 is 0 Å². The molecule has 0 fully saturated rings. The Morgan fingerprint density at radius 2 is 2.14 bits per heavy atom. The number of ether oxygens (including phenoxy) is 1. The van der Waals surface area contributed by atoms with Gasteiger partial charge in [-0.2, -0.15) is 18.3 Å². The van der Waals surface area contributed by atoms with E-state index in [1.807, 2.05) is 36.7 Å². The first-order valence-electron chi connectivity index (χ1n) is 9.51. The van der Waals surface area contributed by atoms with Gasteiger partial charge in [0.2, 0.25) is 0 Å². The molecule has 1 aliphatic heterocycles. The number of hydrogen-bond donors (Lipinski definition) is 1. The van der Waals surface area contributed by atoms with Gasteiger partial charge in [-0.05, 0) is 48.6 Å². The molecule has 1 unspecified atom stereocenters. The lowest BCUT2D eigenvalue weighted by molar-refractivity contribution is -0.0877. The van der Waals surface area contributed by atoms with E-state index in [9.17, 15) is 13.2 Å². The summed E-state index contributed by atoms with van der Waals surface area (Å²) in [6, 6.07) is 5.51. The number of methoxy groups -OCH3 is 1. The second kappa shape index (κ2) is 8.31. The van der Waals surface area contributed by atoms with Gasteiger partial charge in [0.15, 0.2) is 0 Å². The largest absolute Gasteiger partial charge is 0.495 e. The number of allylic oxidation sites excluding steroid dienone is 3. The Kier molecular flexibility index (Phi) is 6.00. The monoisotopic (exact) mass is 406 g/mol. The number of anilines is 1. The number of halogens is 3. The fourth-order valence-corrected chi connectivity index (χ4v) is 3.34. The molecule has 29 heavy (non-hydrogen) atoms. The first-order chi connectivity index (χ1) is 13.7. The van der Waals surface area contributed by atoms with Gasteiger partial charge < -0.3 is 10.1 Å². The van der Waals surface area contributed by atoms with Crippen LogP contribution in [0.15, 0.2) is 42.6 Å². The van der Waals surface area contributed by atoms with Gasteiger partial charge in [-0.15, -0.1) is 0 Å². The summed E-state index contributed by atoms with van der Waals surface area (Å²) in [4.78, 5) is 4.34. The molecule has 0 amide bonds. The Balaban J connectivity index is 1.89. The van der Waals surface area contributed by atoms with E-state index in [4.69, 9.17) is 4.74 Å². The lowest BCUT2D eigenvalue weighted by atomic mass is 9.96. The maximum atomic E-state index is 13.0. The predicted octanol–water partition coefficient (Wildman–Crippen LogP) is 5.39. The van der Waals surface area contributed by atoms with Crippen molar-refractivity contribution in [1.82, 2.24) is 14.8 Å². The standard InChI is InChI=1S/C21H25F3N4O/c1-13(2)16(10-14(3)21(22,23)24)18-11-19-17(6-5-9-28(19)27-18)26-20-8-7-15(29-4)12-25-20/h7-8,10-13,17H,3,5-6,9H2,1-2,4H3,(H,25,26)/b16-10+. The Morgan fingerprint density at radius 1 is 1.38 bits per heavy atom. The summed E-state index contributed by atoms with van der Waals surface area (Å²) in [5, 5.41) is 7.98. The molecule has 0 bridgehead atoms. The van der Waals surface area contributed by atoms with Crippen molar-refractivity contribution >= 4 is 11.4 Å². The van der Waals surface area contributed by atoms with E-state index in [0.717, 1.165) is 31.2 Å². The van der Waals surface area contributed by atoms with E-state index in [1.54, 1.807) is 13.3 Å². The van der Waals surface area contributed by atoms with Gasteiger partial charge >= 0.3 is 6.18 Å². The topological polar surface area (TPSA) is 52.0 Å². The van der Waals surface area contributed by atoms with Crippen LogP contribution in [-0.4, -0.2) is 28.1 Å². The minimum absolute atomic E-state index is 0.0230. The number of alkyl halides is 3. The lowest BCUT2D eigenvalue weighted by Gasteiger charge is -2.24. The van der Waals surface area contributed by atoms with E-state index in [-0.39, 0.29) is 12.0 Å². The molecule has 156 valence electrons. The molecule has 0 aromatic carbocycles. The van der Waals surface area contributed by atoms with Crippen LogP contribution in [0.2, 0.25) is 0 Å². The molecule has 0 aliphatic carbocycles. The van der Waals surface area contributed by atoms with E-state index in [0.29, 0.717) is 22.8 Å². The fraction of sp³-hybridized carbons (Fsp3) is 0.429. The third kappa shape index (κ3) is 4.81. The first kappa shape index (κ1) is 21.0. The zero-order chi connectivity index (χ0) is 21.2. The minimum Gasteiger partial charge on any atom is -0.495 e. The summed E-state index contributed by atoms with van der Waals surface area (Å²) in [6.07, 6.45) is 0.0824. The molecule has 1 N–H and O–H groups in total. The Labute approximate surface area is 168 Å². The van der Waals surface area contributed by atoms with Gasteiger partial charge in [-0.1, -0.05) is 20.4 Å². The molecule has 0 saturated carbocycles. The zero-order valence-electron chi connectivity index (χ0n) is 16.8. The SMILES string of the molecule is C=C(/C=C(/c1cc2n(n1)CCCC2Nc1ccc(OC)cn1)C(C)C)C(F)(F)F. The van der Waals surface area contributed by atoms with Crippen LogP contribution in [0.4, 0.5) is 19.0 Å². The van der Waals surface area contributed by atoms with Crippen LogP contribution >= 0.6 is 0 Å². The van der Waals surface area contributed by atoms with Crippen LogP contribution < -0.4 is 10.1 Å². The molecule has 8 heteroatoms. The highest BCUT2D eigenvalue weighted by Crippen LogP contribution is 2.34. The molecule has 2 aromatic heterocycles. The smallest absolute Gasteiger partial charge is 0.415 e. The molecular weight excluding hydrogens is 381 g/mol. The van der Waals surface area contributed by atoms with Gasteiger partial charge in [-0.25, -0.2) is 4.98 Å². The highest BCUT2D eigenvalue weighted by Gasteiger charge is 2.31. The molecule has 0 saturated heterocycles. The highest BCUT2D eigenvalue weighted by molar-refractivity contribution is 5.67. The van der Waals surface area contributed by atoms with E-state index in [1.165, 1.54) is 0 Å². The summed E-state index contributed by atoms with van der Waals surface area (Å²) in [6.45, 7) is 7.61. The number of aromatic nitrogens is 3. The van der Waals surface area contributed by atoms with Gasteiger partial charge in [0, 0.05) is 12.1 Å². The second-order valence-corrected chi connectivity index (χ2v) is 7.38. The summed E-state index contributed by atoms with van der Waals surface area (Å²) < 4.78 is 45.9. The number of rotatable bonds is 6. The minimum atomic E-state index is -4.45. The van der Waals surface area contributed by atoms with Crippen molar-refractivity contribution in [2.75, 3.05) is 12.4 Å².